The lowest BCUT2D eigenvalue weighted by atomic mass is 10.2. The zero-order chi connectivity index (χ0) is 21.2. The van der Waals surface area contributed by atoms with Crippen molar-refractivity contribution in [3.63, 3.8) is 0 Å². The molecule has 0 aromatic heterocycles. The second-order valence-electron chi connectivity index (χ2n) is 7.27. The number of benzene rings is 1. The number of carbonyl (C=O) groups excluding carboxylic acids is 2. The number of amides is 2. The van der Waals surface area contributed by atoms with Crippen LogP contribution in [0.5, 0.6) is 0 Å². The first-order valence-electron chi connectivity index (χ1n) is 9.96. The van der Waals surface area contributed by atoms with Crippen molar-refractivity contribution in [1.82, 2.24) is 15.1 Å². The molecule has 0 radical (unpaired) electrons. The summed E-state index contributed by atoms with van der Waals surface area (Å²) in [5.74, 6) is -0.0445. The van der Waals surface area contributed by atoms with Crippen LogP contribution < -0.4 is 16.0 Å². The quantitative estimate of drug-likeness (QED) is 0.532. The number of hydrogen-bond donors (Lipinski definition) is 3. The summed E-state index contributed by atoms with van der Waals surface area (Å²) in [6.07, 6.45) is 4.29. The summed E-state index contributed by atoms with van der Waals surface area (Å²) in [4.78, 5) is 29.3. The van der Waals surface area contributed by atoms with Gasteiger partial charge in [0.25, 0.3) is 5.91 Å². The van der Waals surface area contributed by atoms with Gasteiger partial charge in [-0.25, -0.2) is 0 Å². The van der Waals surface area contributed by atoms with Crippen LogP contribution in [0.4, 0.5) is 11.4 Å². The van der Waals surface area contributed by atoms with Crippen LogP contribution in [0.3, 0.4) is 0 Å². The van der Waals surface area contributed by atoms with E-state index in [0.29, 0.717) is 11.3 Å². The molecule has 2 rings (SSSR count). The van der Waals surface area contributed by atoms with Crippen molar-refractivity contribution in [3.8, 4) is 0 Å². The Morgan fingerprint density at radius 3 is 2.34 bits per heavy atom. The van der Waals surface area contributed by atoms with Gasteiger partial charge in [0.15, 0.2) is 0 Å². The Labute approximate surface area is 178 Å². The van der Waals surface area contributed by atoms with Crippen LogP contribution in [0, 0.1) is 0 Å². The molecule has 0 bridgehead atoms. The molecule has 1 saturated heterocycles. The SMILES string of the molecule is CNC(=O)C(=CC(C)Nc1ccc(NC(=O)CCN2CCN(C)CC2)cc1)SC. The molecule has 1 aromatic rings. The van der Waals surface area contributed by atoms with Gasteiger partial charge in [0.05, 0.1) is 4.91 Å². The molecule has 1 aliphatic heterocycles. The molecule has 3 N–H and O–H groups in total. The average Bonchev–Trinajstić information content (AvgIpc) is 2.72. The number of thioether (sulfide) groups is 1. The van der Waals surface area contributed by atoms with Gasteiger partial charge < -0.3 is 25.8 Å². The standard InChI is InChI=1S/C21H33N5O2S/c1-16(15-19(29-4)21(28)22-2)23-17-5-7-18(8-6-17)24-20(27)9-10-26-13-11-25(3)12-14-26/h5-8,15-16,23H,9-14H2,1-4H3,(H,22,28)(H,24,27). The van der Waals surface area contributed by atoms with E-state index >= 15 is 0 Å². The zero-order valence-electron chi connectivity index (χ0n) is 17.8. The highest BCUT2D eigenvalue weighted by Crippen LogP contribution is 2.17. The van der Waals surface area contributed by atoms with Crippen molar-refractivity contribution >= 4 is 35.0 Å². The Kier molecular flexibility index (Phi) is 9.50. The number of nitrogens with one attached hydrogen (secondary N) is 3. The van der Waals surface area contributed by atoms with Crippen LogP contribution in [0.15, 0.2) is 35.2 Å². The minimum absolute atomic E-state index is 0.00113. The third-order valence-electron chi connectivity index (χ3n) is 4.89. The van der Waals surface area contributed by atoms with Crippen LogP contribution in [0.1, 0.15) is 13.3 Å². The van der Waals surface area contributed by atoms with Crippen molar-refractivity contribution < 1.29 is 9.59 Å². The molecular weight excluding hydrogens is 386 g/mol. The first-order chi connectivity index (χ1) is 13.9. The summed E-state index contributed by atoms with van der Waals surface area (Å²) in [6, 6.07) is 7.64. The van der Waals surface area contributed by atoms with Crippen molar-refractivity contribution in [2.24, 2.45) is 0 Å². The fourth-order valence-electron chi connectivity index (χ4n) is 3.10. The van der Waals surface area contributed by atoms with E-state index in [9.17, 15) is 9.59 Å². The molecule has 2 amide bonds. The number of rotatable bonds is 9. The molecule has 29 heavy (non-hydrogen) atoms. The number of carbonyl (C=O) groups is 2. The summed E-state index contributed by atoms with van der Waals surface area (Å²) >= 11 is 1.42. The molecule has 7 nitrogen and oxygen atoms in total. The fourth-order valence-corrected chi connectivity index (χ4v) is 3.72. The van der Waals surface area contributed by atoms with Gasteiger partial charge in [0.1, 0.15) is 0 Å². The lowest BCUT2D eigenvalue weighted by Gasteiger charge is -2.32. The third-order valence-corrected chi connectivity index (χ3v) is 5.65. The van der Waals surface area contributed by atoms with Crippen molar-refractivity contribution in [2.75, 3.05) is 63.7 Å². The van der Waals surface area contributed by atoms with Crippen LogP contribution in [0.2, 0.25) is 0 Å². The van der Waals surface area contributed by atoms with Crippen LogP contribution in [-0.2, 0) is 9.59 Å². The number of hydrogen-bond acceptors (Lipinski definition) is 6. The normalized spacial score (nSPS) is 16.9. The van der Waals surface area contributed by atoms with Gasteiger partial charge in [-0.2, -0.15) is 0 Å². The highest BCUT2D eigenvalue weighted by Gasteiger charge is 2.14. The number of likely N-dealkylation sites (N-methyl/N-ethyl adjacent to an activating group) is 2. The predicted molar refractivity (Wildman–Crippen MR) is 122 cm³/mol. The Morgan fingerprint density at radius 1 is 1.14 bits per heavy atom. The number of anilines is 2. The Bertz CT molecular complexity index is 700. The molecule has 0 spiro atoms. The van der Waals surface area contributed by atoms with Crippen molar-refractivity contribution in [2.45, 2.75) is 19.4 Å². The van der Waals surface area contributed by atoms with E-state index in [4.69, 9.17) is 0 Å². The van der Waals surface area contributed by atoms with Gasteiger partial charge in [-0.1, -0.05) is 0 Å². The van der Waals surface area contributed by atoms with Crippen molar-refractivity contribution in [3.05, 3.63) is 35.2 Å². The molecule has 160 valence electrons. The summed E-state index contributed by atoms with van der Waals surface area (Å²) in [6.45, 7) is 6.96. The summed E-state index contributed by atoms with van der Waals surface area (Å²) in [5.41, 5.74) is 1.72. The average molecular weight is 420 g/mol. The minimum Gasteiger partial charge on any atom is -0.379 e. The van der Waals surface area contributed by atoms with Crippen LogP contribution in [-0.4, -0.2) is 80.7 Å². The fraction of sp³-hybridized carbons (Fsp3) is 0.524. The molecule has 1 aliphatic rings. The van der Waals surface area contributed by atoms with Gasteiger partial charge in [-0.3, -0.25) is 9.59 Å². The Morgan fingerprint density at radius 2 is 1.76 bits per heavy atom. The summed E-state index contributed by atoms with van der Waals surface area (Å²) < 4.78 is 0. The molecule has 1 aromatic carbocycles. The van der Waals surface area contributed by atoms with E-state index in [1.165, 1.54) is 11.8 Å². The van der Waals surface area contributed by atoms with Crippen LogP contribution in [0.25, 0.3) is 0 Å². The van der Waals surface area contributed by atoms with E-state index < -0.39 is 0 Å². The van der Waals surface area contributed by atoms with Gasteiger partial charge in [-0.05, 0) is 50.6 Å². The van der Waals surface area contributed by atoms with Crippen LogP contribution >= 0.6 is 11.8 Å². The monoisotopic (exact) mass is 419 g/mol. The van der Waals surface area contributed by atoms with Gasteiger partial charge in [-0.15, -0.1) is 11.8 Å². The molecule has 1 heterocycles. The number of nitrogens with zero attached hydrogens (tertiary/aromatic N) is 2. The van der Waals surface area contributed by atoms with E-state index in [1.54, 1.807) is 7.05 Å². The highest BCUT2D eigenvalue weighted by molar-refractivity contribution is 8.03. The highest BCUT2D eigenvalue weighted by atomic mass is 32.2. The molecular formula is C21H33N5O2S. The van der Waals surface area contributed by atoms with E-state index in [0.717, 1.165) is 44.1 Å². The smallest absolute Gasteiger partial charge is 0.257 e. The maximum atomic E-state index is 12.2. The lowest BCUT2D eigenvalue weighted by Crippen LogP contribution is -2.45. The lowest BCUT2D eigenvalue weighted by molar-refractivity contribution is -0.117. The molecule has 0 aliphatic carbocycles. The van der Waals surface area contributed by atoms with E-state index in [1.807, 2.05) is 43.5 Å². The largest absolute Gasteiger partial charge is 0.379 e. The maximum Gasteiger partial charge on any atom is 0.257 e. The molecule has 1 atom stereocenters. The molecule has 0 saturated carbocycles. The Balaban J connectivity index is 1.79. The van der Waals surface area contributed by atoms with Gasteiger partial charge in [0, 0.05) is 63.6 Å². The second kappa shape index (κ2) is 11.8. The summed E-state index contributed by atoms with van der Waals surface area (Å²) in [5, 5.41) is 8.95. The topological polar surface area (TPSA) is 76.7 Å². The second-order valence-corrected chi connectivity index (χ2v) is 8.12. The third kappa shape index (κ3) is 8.08. The summed E-state index contributed by atoms with van der Waals surface area (Å²) in [7, 11) is 3.76. The Hall–Kier alpha value is -2.03. The maximum absolute atomic E-state index is 12.2. The molecule has 1 fully saturated rings. The first-order valence-corrected chi connectivity index (χ1v) is 11.2. The van der Waals surface area contributed by atoms with E-state index in [2.05, 4.69) is 32.8 Å². The zero-order valence-corrected chi connectivity index (χ0v) is 18.6. The minimum atomic E-state index is -0.0826. The van der Waals surface area contributed by atoms with Gasteiger partial charge >= 0.3 is 0 Å². The van der Waals surface area contributed by atoms with Gasteiger partial charge in [0.2, 0.25) is 5.91 Å². The number of piperazine rings is 1. The molecule has 8 heteroatoms. The molecule has 1 unspecified atom stereocenters. The van der Waals surface area contributed by atoms with Crippen molar-refractivity contribution in [1.29, 1.82) is 0 Å². The van der Waals surface area contributed by atoms with E-state index in [-0.39, 0.29) is 17.9 Å². The predicted octanol–water partition coefficient (Wildman–Crippen LogP) is 2.06. The first kappa shape index (κ1) is 23.3.